The summed E-state index contributed by atoms with van der Waals surface area (Å²) in [6.07, 6.45) is 0. The Morgan fingerprint density at radius 3 is 1.82 bits per heavy atom. The van der Waals surface area contributed by atoms with Crippen LogP contribution < -0.4 is 4.74 Å². The van der Waals surface area contributed by atoms with Gasteiger partial charge in [0.15, 0.2) is 11.5 Å². The molecule has 0 spiro atoms. The summed E-state index contributed by atoms with van der Waals surface area (Å²) in [6.45, 7) is 0. The van der Waals surface area contributed by atoms with E-state index in [9.17, 15) is 5.26 Å². The minimum atomic E-state index is -0.0863. The van der Waals surface area contributed by atoms with Crippen molar-refractivity contribution < 1.29 is 4.74 Å². The molecule has 3 nitrogen and oxygen atoms in total. The molecule has 0 fully saturated rings. The van der Waals surface area contributed by atoms with Gasteiger partial charge in [0, 0.05) is 0 Å². The molecule has 0 amide bonds. The summed E-state index contributed by atoms with van der Waals surface area (Å²) in [4.78, 5) is 0. The Morgan fingerprint density at radius 2 is 1.32 bits per heavy atom. The molecule has 0 aromatic heterocycles. The van der Waals surface area contributed by atoms with E-state index in [1.165, 1.54) is 0 Å². The third kappa shape index (κ3) is 3.06. The van der Waals surface area contributed by atoms with E-state index in [0.29, 0.717) is 14.7 Å². The van der Waals surface area contributed by atoms with Gasteiger partial charge in [0.05, 0.1) is 25.1 Å². The largest absolute Gasteiger partial charge is 0.452 e. The molecule has 0 aliphatic rings. The summed E-state index contributed by atoms with van der Waals surface area (Å²) >= 11 is 25.0. The molecule has 0 atom stereocenters. The average Bonchev–Trinajstić information content (AvgIpc) is 2.49. The van der Waals surface area contributed by atoms with Crippen molar-refractivity contribution in [1.82, 2.24) is 0 Å². The van der Waals surface area contributed by atoms with Crippen LogP contribution in [0.4, 0.5) is 0 Å². The van der Waals surface area contributed by atoms with Gasteiger partial charge in [-0.1, -0.05) is 40.9 Å². The number of hydrogen-bond donors (Lipinski definition) is 0. The molecule has 0 aliphatic carbocycles. The zero-order valence-corrected chi connectivity index (χ0v) is 15.9. The van der Waals surface area contributed by atoms with Crippen LogP contribution in [0.5, 0.6) is 11.5 Å². The minimum absolute atomic E-state index is 0.0106. The second-order valence-electron chi connectivity index (χ2n) is 3.90. The first-order valence-corrected chi connectivity index (χ1v) is 8.26. The Bertz CT molecular complexity index is 837. The molecular formula is C14H3Br2Cl3N2O. The number of nitrogens with zero attached hydrogens (tertiary/aromatic N) is 2. The maximum Gasteiger partial charge on any atom is 0.167 e. The first-order chi connectivity index (χ1) is 10.4. The van der Waals surface area contributed by atoms with Crippen molar-refractivity contribution in [2.24, 2.45) is 0 Å². The Hall–Kier alpha value is -0.950. The smallest absolute Gasteiger partial charge is 0.167 e. The fourth-order valence-corrected chi connectivity index (χ4v) is 3.55. The molecule has 0 bridgehead atoms. The lowest BCUT2D eigenvalue weighted by Crippen LogP contribution is -1.95. The van der Waals surface area contributed by atoms with Gasteiger partial charge in [-0.25, -0.2) is 0 Å². The van der Waals surface area contributed by atoms with Crippen LogP contribution in [-0.2, 0) is 0 Å². The number of para-hydroxylation sites is 1. The van der Waals surface area contributed by atoms with Crippen LogP contribution in [0, 0.1) is 22.7 Å². The molecule has 2 aromatic carbocycles. The van der Waals surface area contributed by atoms with Gasteiger partial charge in [0.1, 0.15) is 22.2 Å². The molecule has 22 heavy (non-hydrogen) atoms. The Balaban J connectivity index is 2.71. The highest BCUT2D eigenvalue weighted by Crippen LogP contribution is 2.47. The summed E-state index contributed by atoms with van der Waals surface area (Å²) in [5, 5.41) is 18.1. The van der Waals surface area contributed by atoms with Gasteiger partial charge in [-0.05, 0) is 44.0 Å². The zero-order chi connectivity index (χ0) is 16.4. The summed E-state index contributed by atoms with van der Waals surface area (Å²) in [5.74, 6) is 0.424. The summed E-state index contributed by atoms with van der Waals surface area (Å²) in [6, 6.07) is 8.98. The van der Waals surface area contributed by atoms with Crippen molar-refractivity contribution in [2.75, 3.05) is 0 Å². The molecule has 8 heteroatoms. The molecule has 0 saturated heterocycles. The van der Waals surface area contributed by atoms with E-state index in [-0.39, 0.29) is 31.9 Å². The molecule has 0 heterocycles. The lowest BCUT2D eigenvalue weighted by molar-refractivity contribution is 0.477. The van der Waals surface area contributed by atoms with Crippen LogP contribution in [-0.4, -0.2) is 0 Å². The zero-order valence-electron chi connectivity index (χ0n) is 10.4. The SMILES string of the molecule is N#Cc1c(Cl)c(Cl)c(Oc2c(Br)cccc2Br)c(Cl)c1C#N. The second kappa shape index (κ2) is 7.08. The molecule has 0 saturated carbocycles. The van der Waals surface area contributed by atoms with Gasteiger partial charge in [-0.3, -0.25) is 0 Å². The van der Waals surface area contributed by atoms with Crippen molar-refractivity contribution >= 4 is 66.7 Å². The molecular weight excluding hydrogens is 478 g/mol. The van der Waals surface area contributed by atoms with E-state index in [2.05, 4.69) is 31.9 Å². The fourth-order valence-electron chi connectivity index (χ4n) is 1.62. The maximum atomic E-state index is 9.18. The van der Waals surface area contributed by atoms with E-state index in [4.69, 9.17) is 44.8 Å². The number of nitriles is 2. The van der Waals surface area contributed by atoms with Gasteiger partial charge in [0.2, 0.25) is 0 Å². The number of halogens is 5. The Kier molecular flexibility index (Phi) is 5.60. The monoisotopic (exact) mass is 478 g/mol. The lowest BCUT2D eigenvalue weighted by atomic mass is 10.1. The lowest BCUT2D eigenvalue weighted by Gasteiger charge is -2.15. The van der Waals surface area contributed by atoms with E-state index < -0.39 is 0 Å². The van der Waals surface area contributed by atoms with Crippen LogP contribution >= 0.6 is 66.7 Å². The van der Waals surface area contributed by atoms with Crippen LogP contribution in [0.1, 0.15) is 11.1 Å². The van der Waals surface area contributed by atoms with Crippen molar-refractivity contribution in [3.05, 3.63) is 53.3 Å². The van der Waals surface area contributed by atoms with E-state index >= 15 is 0 Å². The topological polar surface area (TPSA) is 56.8 Å². The molecule has 2 aromatic rings. The van der Waals surface area contributed by atoms with E-state index in [1.54, 1.807) is 18.2 Å². The van der Waals surface area contributed by atoms with E-state index in [1.807, 2.05) is 12.1 Å². The van der Waals surface area contributed by atoms with Crippen molar-refractivity contribution in [3.63, 3.8) is 0 Å². The second-order valence-corrected chi connectivity index (χ2v) is 6.74. The number of rotatable bonds is 2. The minimum Gasteiger partial charge on any atom is -0.452 e. The van der Waals surface area contributed by atoms with Gasteiger partial charge in [-0.2, -0.15) is 10.5 Å². The maximum absolute atomic E-state index is 9.18. The van der Waals surface area contributed by atoms with Crippen LogP contribution in [0.25, 0.3) is 0 Å². The molecule has 110 valence electrons. The van der Waals surface area contributed by atoms with Crippen LogP contribution in [0.15, 0.2) is 27.1 Å². The van der Waals surface area contributed by atoms with Crippen molar-refractivity contribution in [1.29, 1.82) is 10.5 Å². The van der Waals surface area contributed by atoms with Crippen LogP contribution in [0.2, 0.25) is 15.1 Å². The third-order valence-corrected chi connectivity index (χ3v) is 5.07. The highest BCUT2D eigenvalue weighted by Gasteiger charge is 2.24. The number of benzene rings is 2. The normalized spacial score (nSPS) is 9.95. The molecule has 2 rings (SSSR count). The first kappa shape index (κ1) is 17.4. The van der Waals surface area contributed by atoms with Gasteiger partial charge in [0.25, 0.3) is 0 Å². The molecule has 0 N–H and O–H groups in total. The van der Waals surface area contributed by atoms with Crippen LogP contribution in [0.3, 0.4) is 0 Å². The standard InChI is InChI=1S/C14H3Br2Cl3N2O/c15-8-2-1-3-9(16)13(8)22-14-11(18)7(5-21)6(4-20)10(17)12(14)19/h1-3H. The highest BCUT2D eigenvalue weighted by molar-refractivity contribution is 9.11. The number of hydrogen-bond acceptors (Lipinski definition) is 3. The summed E-state index contributed by atoms with van der Waals surface area (Å²) < 4.78 is 7.01. The van der Waals surface area contributed by atoms with Gasteiger partial charge in [-0.15, -0.1) is 0 Å². The summed E-state index contributed by atoms with van der Waals surface area (Å²) in [7, 11) is 0. The molecule has 0 radical (unpaired) electrons. The highest BCUT2D eigenvalue weighted by atomic mass is 79.9. The molecule has 0 aliphatic heterocycles. The quantitative estimate of drug-likeness (QED) is 0.448. The first-order valence-electron chi connectivity index (χ1n) is 5.54. The predicted molar refractivity (Wildman–Crippen MR) is 92.8 cm³/mol. The average molecular weight is 481 g/mol. The third-order valence-electron chi connectivity index (χ3n) is 2.63. The Morgan fingerprint density at radius 1 is 0.818 bits per heavy atom. The van der Waals surface area contributed by atoms with E-state index in [0.717, 1.165) is 0 Å². The molecule has 0 unspecified atom stereocenters. The van der Waals surface area contributed by atoms with Gasteiger partial charge < -0.3 is 4.74 Å². The van der Waals surface area contributed by atoms with Crippen molar-refractivity contribution in [2.45, 2.75) is 0 Å². The summed E-state index contributed by atoms with van der Waals surface area (Å²) in [5.41, 5.74) is -0.172. The fraction of sp³-hybridized carbons (Fsp3) is 0. The van der Waals surface area contributed by atoms with Gasteiger partial charge >= 0.3 is 0 Å². The predicted octanol–water partition coefficient (Wildman–Crippen LogP) is 6.71. The Labute approximate surface area is 158 Å². The number of ether oxygens (including phenoxy) is 1. The van der Waals surface area contributed by atoms with Crippen molar-refractivity contribution in [3.8, 4) is 23.6 Å².